The molecule has 152 valence electrons. The summed E-state index contributed by atoms with van der Waals surface area (Å²) < 4.78 is 9.82. The molecule has 0 fully saturated rings. The molecule has 1 aromatic rings. The summed E-state index contributed by atoms with van der Waals surface area (Å²) in [4.78, 5) is 46.6. The average molecular weight is 391 g/mol. The van der Waals surface area contributed by atoms with Gasteiger partial charge in [0, 0.05) is 12.1 Å². The standard InChI is InChI=1S/C19H25N3O6/c1-12(2)20-19(26)22-17(24)11-28-18(25)13(3)21-16(23)10-7-14-5-8-15(27-4)9-6-14/h5-10,12-13H,11H2,1-4H3,(H,21,23)(H2,20,22,24,26)/b10-7+/t13-/m0/s1. The molecular formula is C19H25N3O6. The molecule has 0 aliphatic carbocycles. The molecule has 3 N–H and O–H groups in total. The van der Waals surface area contributed by atoms with Gasteiger partial charge in [-0.25, -0.2) is 9.59 Å². The zero-order valence-electron chi connectivity index (χ0n) is 16.3. The van der Waals surface area contributed by atoms with Crippen LogP contribution in [0.5, 0.6) is 5.75 Å². The maximum Gasteiger partial charge on any atom is 0.328 e. The number of hydrogen-bond acceptors (Lipinski definition) is 6. The molecule has 0 saturated carbocycles. The van der Waals surface area contributed by atoms with Crippen LogP contribution in [-0.2, 0) is 19.1 Å². The quantitative estimate of drug-likeness (QED) is 0.449. The van der Waals surface area contributed by atoms with Gasteiger partial charge in [-0.2, -0.15) is 0 Å². The molecule has 0 spiro atoms. The lowest BCUT2D eigenvalue weighted by Crippen LogP contribution is -2.45. The van der Waals surface area contributed by atoms with Crippen molar-refractivity contribution < 1.29 is 28.7 Å². The van der Waals surface area contributed by atoms with Crippen molar-refractivity contribution in [3.05, 3.63) is 35.9 Å². The fraction of sp³-hybridized carbons (Fsp3) is 0.368. The van der Waals surface area contributed by atoms with Crippen LogP contribution in [0.15, 0.2) is 30.3 Å². The Balaban J connectivity index is 2.39. The van der Waals surface area contributed by atoms with Crippen LogP contribution in [0.4, 0.5) is 4.79 Å². The van der Waals surface area contributed by atoms with Crippen LogP contribution in [-0.4, -0.2) is 49.6 Å². The van der Waals surface area contributed by atoms with Gasteiger partial charge in [-0.15, -0.1) is 0 Å². The van der Waals surface area contributed by atoms with E-state index >= 15 is 0 Å². The van der Waals surface area contributed by atoms with E-state index in [2.05, 4.69) is 10.6 Å². The zero-order chi connectivity index (χ0) is 21.1. The van der Waals surface area contributed by atoms with Crippen LogP contribution in [0.3, 0.4) is 0 Å². The van der Waals surface area contributed by atoms with Crippen molar-refractivity contribution in [1.82, 2.24) is 16.0 Å². The van der Waals surface area contributed by atoms with E-state index in [9.17, 15) is 19.2 Å². The number of methoxy groups -OCH3 is 1. The maximum atomic E-state index is 11.9. The molecule has 0 aliphatic heterocycles. The molecule has 28 heavy (non-hydrogen) atoms. The van der Waals surface area contributed by atoms with Gasteiger partial charge in [-0.1, -0.05) is 12.1 Å². The first-order valence-electron chi connectivity index (χ1n) is 8.61. The molecule has 0 aliphatic rings. The number of imide groups is 1. The van der Waals surface area contributed by atoms with E-state index in [0.717, 1.165) is 5.56 Å². The van der Waals surface area contributed by atoms with Crippen molar-refractivity contribution >= 4 is 29.9 Å². The van der Waals surface area contributed by atoms with E-state index in [-0.39, 0.29) is 6.04 Å². The Bertz CT molecular complexity index is 728. The number of amides is 4. The van der Waals surface area contributed by atoms with E-state index in [4.69, 9.17) is 9.47 Å². The van der Waals surface area contributed by atoms with Crippen LogP contribution < -0.4 is 20.7 Å². The predicted molar refractivity (Wildman–Crippen MR) is 102 cm³/mol. The third kappa shape index (κ3) is 8.84. The highest BCUT2D eigenvalue weighted by atomic mass is 16.5. The highest BCUT2D eigenvalue weighted by Crippen LogP contribution is 2.12. The molecule has 0 bridgehead atoms. The summed E-state index contributed by atoms with van der Waals surface area (Å²) in [5, 5.41) is 6.91. The summed E-state index contributed by atoms with van der Waals surface area (Å²) in [5.74, 6) is -1.38. The first-order chi connectivity index (χ1) is 13.2. The Morgan fingerprint density at radius 3 is 2.25 bits per heavy atom. The summed E-state index contributed by atoms with van der Waals surface area (Å²) in [6.45, 7) is 4.26. The Morgan fingerprint density at radius 1 is 1.04 bits per heavy atom. The molecule has 0 unspecified atom stereocenters. The van der Waals surface area contributed by atoms with Crippen LogP contribution >= 0.6 is 0 Å². The lowest BCUT2D eigenvalue weighted by atomic mass is 10.2. The van der Waals surface area contributed by atoms with Crippen molar-refractivity contribution in [3.8, 4) is 5.75 Å². The second-order valence-electron chi connectivity index (χ2n) is 6.12. The second kappa shape index (κ2) is 11.4. The molecular weight excluding hydrogens is 366 g/mol. The number of hydrogen-bond donors (Lipinski definition) is 3. The van der Waals surface area contributed by atoms with E-state index in [1.54, 1.807) is 51.3 Å². The zero-order valence-corrected chi connectivity index (χ0v) is 16.3. The number of nitrogens with one attached hydrogen (secondary N) is 3. The van der Waals surface area contributed by atoms with Gasteiger partial charge in [-0.3, -0.25) is 14.9 Å². The van der Waals surface area contributed by atoms with Gasteiger partial charge in [-0.05, 0) is 44.5 Å². The van der Waals surface area contributed by atoms with Crippen molar-refractivity contribution in [2.45, 2.75) is 32.9 Å². The predicted octanol–water partition coefficient (Wildman–Crippen LogP) is 0.991. The topological polar surface area (TPSA) is 123 Å². The summed E-state index contributed by atoms with van der Waals surface area (Å²) in [6, 6.07) is 5.26. The molecule has 0 saturated heterocycles. The van der Waals surface area contributed by atoms with Crippen molar-refractivity contribution in [1.29, 1.82) is 0 Å². The minimum absolute atomic E-state index is 0.142. The molecule has 1 aromatic carbocycles. The van der Waals surface area contributed by atoms with Crippen LogP contribution in [0.25, 0.3) is 6.08 Å². The highest BCUT2D eigenvalue weighted by Gasteiger charge is 2.18. The number of carbonyl (C=O) groups excluding carboxylic acids is 4. The van der Waals surface area contributed by atoms with Crippen molar-refractivity contribution in [3.63, 3.8) is 0 Å². The van der Waals surface area contributed by atoms with E-state index in [1.807, 2.05) is 5.32 Å². The van der Waals surface area contributed by atoms with Gasteiger partial charge < -0.3 is 20.1 Å². The summed E-state index contributed by atoms with van der Waals surface area (Å²) in [5.41, 5.74) is 0.780. The lowest BCUT2D eigenvalue weighted by Gasteiger charge is -2.12. The van der Waals surface area contributed by atoms with Crippen LogP contribution in [0, 0.1) is 0 Å². The molecule has 1 atom stereocenters. The molecule has 1 rings (SSSR count). The van der Waals surface area contributed by atoms with Gasteiger partial charge >= 0.3 is 12.0 Å². The Morgan fingerprint density at radius 2 is 1.68 bits per heavy atom. The molecule has 4 amide bonds. The van der Waals surface area contributed by atoms with E-state index < -0.39 is 36.5 Å². The number of ether oxygens (including phenoxy) is 2. The number of urea groups is 1. The minimum Gasteiger partial charge on any atom is -0.497 e. The minimum atomic E-state index is -0.967. The normalized spacial score (nSPS) is 11.6. The number of carbonyl (C=O) groups is 4. The Labute approximate surface area is 163 Å². The monoisotopic (exact) mass is 391 g/mol. The summed E-state index contributed by atoms with van der Waals surface area (Å²) in [6.07, 6.45) is 2.85. The van der Waals surface area contributed by atoms with E-state index in [0.29, 0.717) is 5.75 Å². The van der Waals surface area contributed by atoms with Crippen LogP contribution in [0.2, 0.25) is 0 Å². The second-order valence-corrected chi connectivity index (χ2v) is 6.12. The first-order valence-corrected chi connectivity index (χ1v) is 8.61. The van der Waals surface area contributed by atoms with Gasteiger partial charge in [0.15, 0.2) is 6.61 Å². The summed E-state index contributed by atoms with van der Waals surface area (Å²) in [7, 11) is 1.56. The molecule has 9 heteroatoms. The van der Waals surface area contributed by atoms with Gasteiger partial charge in [0.1, 0.15) is 11.8 Å². The van der Waals surface area contributed by atoms with Crippen LogP contribution in [0.1, 0.15) is 26.3 Å². The smallest absolute Gasteiger partial charge is 0.328 e. The highest BCUT2D eigenvalue weighted by molar-refractivity contribution is 5.97. The first kappa shape index (κ1) is 22.7. The number of benzene rings is 1. The van der Waals surface area contributed by atoms with Crippen molar-refractivity contribution in [2.75, 3.05) is 13.7 Å². The lowest BCUT2D eigenvalue weighted by molar-refractivity contribution is -0.150. The maximum absolute atomic E-state index is 11.9. The average Bonchev–Trinajstić information content (AvgIpc) is 2.64. The SMILES string of the molecule is COc1ccc(/C=C/C(=O)N[C@@H](C)C(=O)OCC(=O)NC(=O)NC(C)C)cc1. The Kier molecular flexibility index (Phi) is 9.21. The molecule has 0 aromatic heterocycles. The largest absolute Gasteiger partial charge is 0.497 e. The van der Waals surface area contributed by atoms with Gasteiger partial charge in [0.25, 0.3) is 5.91 Å². The third-order valence-corrected chi connectivity index (χ3v) is 3.27. The van der Waals surface area contributed by atoms with Gasteiger partial charge in [0.05, 0.1) is 7.11 Å². The van der Waals surface area contributed by atoms with Crippen molar-refractivity contribution in [2.24, 2.45) is 0 Å². The third-order valence-electron chi connectivity index (χ3n) is 3.27. The number of esters is 1. The molecule has 9 nitrogen and oxygen atoms in total. The summed E-state index contributed by atoms with van der Waals surface area (Å²) >= 11 is 0. The van der Waals surface area contributed by atoms with Gasteiger partial charge in [0.2, 0.25) is 5.91 Å². The van der Waals surface area contributed by atoms with E-state index in [1.165, 1.54) is 13.0 Å². The molecule has 0 heterocycles. The fourth-order valence-corrected chi connectivity index (χ4v) is 1.93. The number of rotatable bonds is 8. The fourth-order valence-electron chi connectivity index (χ4n) is 1.93. The Hall–Kier alpha value is -3.36. The molecule has 0 radical (unpaired) electrons.